The fourth-order valence-corrected chi connectivity index (χ4v) is 2.87. The molecule has 0 bridgehead atoms. The van der Waals surface area contributed by atoms with Crippen molar-refractivity contribution in [2.24, 2.45) is 0 Å². The third-order valence-electron chi connectivity index (χ3n) is 3.87. The first-order valence-electron chi connectivity index (χ1n) is 7.48. The number of benzene rings is 2. The van der Waals surface area contributed by atoms with Gasteiger partial charge in [0.25, 0.3) is 17.5 Å². The number of nitrogens with one attached hydrogen (secondary N) is 1. The fourth-order valence-electron chi connectivity index (χ4n) is 2.59. The second-order valence-corrected chi connectivity index (χ2v) is 6.12. The van der Waals surface area contributed by atoms with Crippen molar-refractivity contribution < 1.29 is 19.3 Å². The normalized spacial score (nSPS) is 12.9. The highest BCUT2D eigenvalue weighted by molar-refractivity contribution is 6.33. The van der Waals surface area contributed by atoms with Crippen LogP contribution in [0, 0.1) is 17.0 Å². The van der Waals surface area contributed by atoms with E-state index < -0.39 is 29.2 Å². The molecule has 0 aliphatic carbocycles. The number of halogens is 1. The Bertz CT molecular complexity index is 973. The van der Waals surface area contributed by atoms with E-state index >= 15 is 0 Å². The predicted molar refractivity (Wildman–Crippen MR) is 93.3 cm³/mol. The predicted octanol–water partition coefficient (Wildman–Crippen LogP) is 2.79. The summed E-state index contributed by atoms with van der Waals surface area (Å²) in [6.45, 7) is 1.32. The minimum atomic E-state index is -0.751. The van der Waals surface area contributed by atoms with Crippen LogP contribution >= 0.6 is 11.6 Å². The molecule has 0 unspecified atom stereocenters. The largest absolute Gasteiger partial charge is 0.323 e. The molecule has 26 heavy (non-hydrogen) atoms. The number of anilines is 1. The molecule has 0 aromatic heterocycles. The molecule has 9 heteroatoms. The average Bonchev–Trinajstić information content (AvgIpc) is 2.82. The lowest BCUT2D eigenvalue weighted by Crippen LogP contribution is -2.37. The Hall–Kier alpha value is -3.26. The Labute approximate surface area is 152 Å². The van der Waals surface area contributed by atoms with Crippen LogP contribution < -0.4 is 5.32 Å². The first kappa shape index (κ1) is 17.6. The maximum absolute atomic E-state index is 12.4. The molecule has 132 valence electrons. The van der Waals surface area contributed by atoms with Crippen molar-refractivity contribution in [1.82, 2.24) is 4.90 Å². The van der Waals surface area contributed by atoms with Crippen molar-refractivity contribution in [3.63, 3.8) is 0 Å². The number of amides is 3. The molecule has 1 heterocycles. The van der Waals surface area contributed by atoms with Gasteiger partial charge in [-0.25, -0.2) is 0 Å². The van der Waals surface area contributed by atoms with Crippen LogP contribution in [0.15, 0.2) is 36.4 Å². The van der Waals surface area contributed by atoms with Crippen LogP contribution in [0.5, 0.6) is 0 Å². The van der Waals surface area contributed by atoms with Crippen LogP contribution in [0.1, 0.15) is 26.3 Å². The number of rotatable bonds is 4. The van der Waals surface area contributed by atoms with E-state index in [4.69, 9.17) is 11.6 Å². The van der Waals surface area contributed by atoms with Crippen molar-refractivity contribution in [3.05, 3.63) is 68.2 Å². The number of aryl methyl sites for hydroxylation is 1. The minimum Gasteiger partial charge on any atom is -0.323 e. The molecular weight excluding hydrogens is 362 g/mol. The Kier molecular flexibility index (Phi) is 4.43. The van der Waals surface area contributed by atoms with Crippen molar-refractivity contribution in [3.8, 4) is 0 Å². The summed E-state index contributed by atoms with van der Waals surface area (Å²) >= 11 is 6.04. The summed E-state index contributed by atoms with van der Waals surface area (Å²) in [4.78, 5) is 47.8. The molecule has 1 N–H and O–H groups in total. The maximum Gasteiger partial charge on any atom is 0.270 e. The van der Waals surface area contributed by atoms with Crippen LogP contribution in [0.4, 0.5) is 11.4 Å². The van der Waals surface area contributed by atoms with E-state index in [1.54, 1.807) is 18.2 Å². The summed E-state index contributed by atoms with van der Waals surface area (Å²) < 4.78 is 0. The Morgan fingerprint density at radius 2 is 1.85 bits per heavy atom. The molecule has 0 atom stereocenters. The maximum atomic E-state index is 12.4. The van der Waals surface area contributed by atoms with Crippen molar-refractivity contribution >= 4 is 40.7 Å². The zero-order valence-electron chi connectivity index (χ0n) is 13.5. The van der Waals surface area contributed by atoms with E-state index in [1.165, 1.54) is 6.07 Å². The molecule has 0 saturated carbocycles. The van der Waals surface area contributed by atoms with Crippen LogP contribution in [0.2, 0.25) is 5.02 Å². The highest BCUT2D eigenvalue weighted by atomic mass is 35.5. The summed E-state index contributed by atoms with van der Waals surface area (Å²) in [7, 11) is 0. The van der Waals surface area contributed by atoms with Gasteiger partial charge in [0.15, 0.2) is 0 Å². The molecule has 3 rings (SSSR count). The quantitative estimate of drug-likeness (QED) is 0.503. The number of imide groups is 1. The topological polar surface area (TPSA) is 110 Å². The Morgan fingerprint density at radius 3 is 2.50 bits per heavy atom. The average molecular weight is 374 g/mol. The molecule has 1 aliphatic heterocycles. The van der Waals surface area contributed by atoms with Gasteiger partial charge in [0.05, 0.1) is 26.8 Å². The van der Waals surface area contributed by atoms with Crippen molar-refractivity contribution in [2.45, 2.75) is 6.92 Å². The molecule has 1 aliphatic rings. The second kappa shape index (κ2) is 6.57. The van der Waals surface area contributed by atoms with Crippen molar-refractivity contribution in [2.75, 3.05) is 11.9 Å². The van der Waals surface area contributed by atoms with E-state index in [1.807, 2.05) is 6.92 Å². The van der Waals surface area contributed by atoms with Gasteiger partial charge in [0.2, 0.25) is 5.91 Å². The zero-order chi connectivity index (χ0) is 19.0. The van der Waals surface area contributed by atoms with E-state index in [-0.39, 0.29) is 16.8 Å². The first-order valence-corrected chi connectivity index (χ1v) is 7.86. The fraction of sp³-hybridized carbons (Fsp3) is 0.118. The second-order valence-electron chi connectivity index (χ2n) is 5.71. The summed E-state index contributed by atoms with van der Waals surface area (Å²) in [5.74, 6) is -2.04. The number of carbonyl (C=O) groups is 3. The van der Waals surface area contributed by atoms with Crippen molar-refractivity contribution in [1.29, 1.82) is 0 Å². The van der Waals surface area contributed by atoms with Crippen LogP contribution in [0.3, 0.4) is 0 Å². The van der Waals surface area contributed by atoms with Gasteiger partial charge >= 0.3 is 0 Å². The molecule has 2 aromatic rings. The van der Waals surface area contributed by atoms with Gasteiger partial charge in [0.1, 0.15) is 6.54 Å². The van der Waals surface area contributed by atoms with Crippen LogP contribution in [-0.2, 0) is 4.79 Å². The lowest BCUT2D eigenvalue weighted by Gasteiger charge is -2.14. The monoisotopic (exact) mass is 373 g/mol. The van der Waals surface area contributed by atoms with Crippen LogP contribution in [-0.4, -0.2) is 34.1 Å². The molecule has 0 spiro atoms. The summed E-state index contributed by atoms with van der Waals surface area (Å²) in [5, 5.41) is 13.7. The highest BCUT2D eigenvalue weighted by Gasteiger charge is 2.37. The number of nitro groups is 1. The standard InChI is InChI=1S/C17H12ClN3O5/c1-9-2-5-14(13(18)6-9)19-15(22)8-20-16(23)11-4-3-10(21(25)26)7-12(11)17(20)24/h2-7H,8H2,1H3,(H,19,22). The van der Waals surface area contributed by atoms with Crippen LogP contribution in [0.25, 0.3) is 0 Å². The number of fused-ring (bicyclic) bond motifs is 1. The Morgan fingerprint density at radius 1 is 1.15 bits per heavy atom. The van der Waals surface area contributed by atoms with Gasteiger partial charge in [-0.2, -0.15) is 0 Å². The van der Waals surface area contributed by atoms with Gasteiger partial charge in [-0.15, -0.1) is 0 Å². The number of non-ortho nitro benzene ring substituents is 1. The number of hydrogen-bond donors (Lipinski definition) is 1. The molecule has 0 fully saturated rings. The van der Waals surface area contributed by atoms with Gasteiger partial charge in [-0.1, -0.05) is 17.7 Å². The number of nitrogens with zero attached hydrogens (tertiary/aromatic N) is 2. The molecule has 8 nitrogen and oxygen atoms in total. The summed E-state index contributed by atoms with van der Waals surface area (Å²) in [6.07, 6.45) is 0. The lowest BCUT2D eigenvalue weighted by atomic mass is 10.1. The highest BCUT2D eigenvalue weighted by Crippen LogP contribution is 2.27. The van der Waals surface area contributed by atoms with Gasteiger partial charge in [-0.3, -0.25) is 29.4 Å². The lowest BCUT2D eigenvalue weighted by molar-refractivity contribution is -0.384. The number of nitro benzene ring substituents is 1. The Balaban J connectivity index is 1.78. The first-order chi connectivity index (χ1) is 12.3. The molecule has 0 saturated heterocycles. The third-order valence-corrected chi connectivity index (χ3v) is 4.18. The molecular formula is C17H12ClN3O5. The minimum absolute atomic E-state index is 0.0294. The molecule has 3 amide bonds. The summed E-state index contributed by atoms with van der Waals surface area (Å²) in [5.41, 5.74) is 0.902. The smallest absolute Gasteiger partial charge is 0.270 e. The SMILES string of the molecule is Cc1ccc(NC(=O)CN2C(=O)c3ccc([N+](=O)[O-])cc3C2=O)c(Cl)c1. The zero-order valence-corrected chi connectivity index (χ0v) is 14.2. The van der Waals surface area contributed by atoms with Gasteiger partial charge in [-0.05, 0) is 30.7 Å². The summed E-state index contributed by atoms with van der Waals surface area (Å²) in [6, 6.07) is 8.41. The molecule has 2 aromatic carbocycles. The van der Waals surface area contributed by atoms with Gasteiger partial charge < -0.3 is 5.32 Å². The number of hydrogen-bond acceptors (Lipinski definition) is 5. The van der Waals surface area contributed by atoms with E-state index in [2.05, 4.69) is 5.32 Å². The van der Waals surface area contributed by atoms with E-state index in [0.29, 0.717) is 10.7 Å². The number of carbonyl (C=O) groups excluding carboxylic acids is 3. The third kappa shape index (κ3) is 3.14. The van der Waals surface area contributed by atoms with E-state index in [9.17, 15) is 24.5 Å². The molecule has 0 radical (unpaired) electrons. The van der Waals surface area contributed by atoms with Gasteiger partial charge in [0, 0.05) is 12.1 Å². The van der Waals surface area contributed by atoms with E-state index in [0.717, 1.165) is 22.6 Å².